The van der Waals surface area contributed by atoms with Gasteiger partial charge in [-0.1, -0.05) is 25.5 Å². The maximum Gasteiger partial charge on any atom is 0.317 e. The second-order valence-corrected chi connectivity index (χ2v) is 5.16. The zero-order chi connectivity index (χ0) is 12.8. The van der Waals surface area contributed by atoms with Crippen LogP contribution in [0, 0.1) is 0 Å². The van der Waals surface area contributed by atoms with Crippen molar-refractivity contribution < 1.29 is 9.53 Å². The van der Waals surface area contributed by atoms with Crippen LogP contribution in [-0.2, 0) is 4.74 Å². The molecule has 0 saturated carbocycles. The van der Waals surface area contributed by atoms with Crippen molar-refractivity contribution in [1.29, 1.82) is 0 Å². The number of urea groups is 1. The predicted molar refractivity (Wildman–Crippen MR) is 71.5 cm³/mol. The summed E-state index contributed by atoms with van der Waals surface area (Å²) in [5.41, 5.74) is 0. The summed E-state index contributed by atoms with van der Waals surface area (Å²) in [5, 5.41) is 3.13. The molecular weight excluding hydrogens is 228 g/mol. The smallest absolute Gasteiger partial charge is 0.317 e. The highest BCUT2D eigenvalue weighted by Gasteiger charge is 2.25. The number of ether oxygens (including phenoxy) is 1. The van der Waals surface area contributed by atoms with E-state index in [4.69, 9.17) is 4.74 Å². The topological polar surface area (TPSA) is 41.6 Å². The molecular formula is C14H24N2O2. The number of hydrogen-bond acceptors (Lipinski definition) is 2. The van der Waals surface area contributed by atoms with E-state index in [1.165, 1.54) is 0 Å². The van der Waals surface area contributed by atoms with Crippen LogP contribution in [0.15, 0.2) is 12.2 Å². The summed E-state index contributed by atoms with van der Waals surface area (Å²) in [6.07, 6.45) is 9.82. The summed E-state index contributed by atoms with van der Waals surface area (Å²) >= 11 is 0. The van der Waals surface area contributed by atoms with Crippen LogP contribution in [0.4, 0.5) is 4.79 Å². The Hall–Kier alpha value is -1.03. The second-order valence-electron chi connectivity index (χ2n) is 5.16. The fraction of sp³-hybridized carbons (Fsp3) is 0.786. The first-order valence-electron chi connectivity index (χ1n) is 7.11. The minimum absolute atomic E-state index is 0.0831. The van der Waals surface area contributed by atoms with Gasteiger partial charge < -0.3 is 15.0 Å². The summed E-state index contributed by atoms with van der Waals surface area (Å²) in [7, 11) is 0. The molecule has 0 aromatic heterocycles. The van der Waals surface area contributed by atoms with Crippen LogP contribution in [0.25, 0.3) is 0 Å². The molecule has 0 unspecified atom stereocenters. The maximum atomic E-state index is 12.2. The van der Waals surface area contributed by atoms with Gasteiger partial charge in [0.05, 0.1) is 12.7 Å². The van der Waals surface area contributed by atoms with Crippen molar-refractivity contribution in [3.05, 3.63) is 12.2 Å². The SMILES string of the molecule is CCC[C@@H]1CN(C(=O)N[C@H]2CC=CCC2)CCO1. The van der Waals surface area contributed by atoms with Crippen LogP contribution in [0.5, 0.6) is 0 Å². The molecule has 4 nitrogen and oxygen atoms in total. The average molecular weight is 252 g/mol. The van der Waals surface area contributed by atoms with E-state index < -0.39 is 0 Å². The Morgan fingerprint density at radius 1 is 1.50 bits per heavy atom. The Bertz CT molecular complexity index is 302. The molecule has 2 aliphatic rings. The van der Waals surface area contributed by atoms with Gasteiger partial charge in [0, 0.05) is 19.1 Å². The van der Waals surface area contributed by atoms with E-state index in [1.54, 1.807) is 0 Å². The number of rotatable bonds is 3. The van der Waals surface area contributed by atoms with E-state index in [1.807, 2.05) is 4.90 Å². The fourth-order valence-electron chi connectivity index (χ4n) is 2.59. The Morgan fingerprint density at radius 3 is 3.11 bits per heavy atom. The number of amides is 2. The number of nitrogens with zero attached hydrogens (tertiary/aromatic N) is 1. The van der Waals surface area contributed by atoms with Gasteiger partial charge in [0.25, 0.3) is 0 Å². The molecule has 2 atom stereocenters. The summed E-state index contributed by atoms with van der Waals surface area (Å²) in [6.45, 7) is 4.27. The molecule has 0 aromatic rings. The normalized spacial score (nSPS) is 28.2. The Kier molecular flexibility index (Phi) is 5.05. The molecule has 18 heavy (non-hydrogen) atoms. The molecule has 1 aliphatic carbocycles. The lowest BCUT2D eigenvalue weighted by atomic mass is 10.0. The molecule has 0 bridgehead atoms. The van der Waals surface area contributed by atoms with Crippen LogP contribution in [0.2, 0.25) is 0 Å². The van der Waals surface area contributed by atoms with Crippen molar-refractivity contribution in [3.8, 4) is 0 Å². The van der Waals surface area contributed by atoms with Crippen LogP contribution in [0.3, 0.4) is 0 Å². The number of morpholine rings is 1. The third-order valence-corrected chi connectivity index (χ3v) is 3.63. The van der Waals surface area contributed by atoms with E-state index in [0.717, 1.165) is 38.6 Å². The lowest BCUT2D eigenvalue weighted by Crippen LogP contribution is -2.51. The first kappa shape index (κ1) is 13.4. The summed E-state index contributed by atoms with van der Waals surface area (Å²) in [5.74, 6) is 0. The van der Waals surface area contributed by atoms with Crippen molar-refractivity contribution in [1.82, 2.24) is 10.2 Å². The Morgan fingerprint density at radius 2 is 2.39 bits per heavy atom. The highest BCUT2D eigenvalue weighted by Crippen LogP contribution is 2.13. The minimum atomic E-state index is 0.0831. The zero-order valence-corrected chi connectivity index (χ0v) is 11.2. The van der Waals surface area contributed by atoms with E-state index in [2.05, 4.69) is 24.4 Å². The Balaban J connectivity index is 1.78. The van der Waals surface area contributed by atoms with Gasteiger partial charge in [-0.2, -0.15) is 0 Å². The standard InChI is InChI=1S/C14H24N2O2/c1-2-6-13-11-16(9-10-18-13)14(17)15-12-7-4-3-5-8-12/h3-4,12-13H,2,5-11H2,1H3,(H,15,17)/t12-,13+/m0/s1. The van der Waals surface area contributed by atoms with Crippen molar-refractivity contribution in [2.45, 2.75) is 51.2 Å². The van der Waals surface area contributed by atoms with Crippen molar-refractivity contribution in [3.63, 3.8) is 0 Å². The van der Waals surface area contributed by atoms with E-state index in [0.29, 0.717) is 19.2 Å². The summed E-state index contributed by atoms with van der Waals surface area (Å²) < 4.78 is 5.66. The largest absolute Gasteiger partial charge is 0.375 e. The predicted octanol–water partition coefficient (Wildman–Crippen LogP) is 2.31. The molecule has 1 fully saturated rings. The molecule has 1 saturated heterocycles. The summed E-state index contributed by atoms with van der Waals surface area (Å²) in [4.78, 5) is 14.1. The molecule has 1 N–H and O–H groups in total. The molecule has 0 aromatic carbocycles. The van der Waals surface area contributed by atoms with E-state index in [9.17, 15) is 4.79 Å². The van der Waals surface area contributed by atoms with Crippen molar-refractivity contribution in [2.75, 3.05) is 19.7 Å². The van der Waals surface area contributed by atoms with Crippen molar-refractivity contribution in [2.24, 2.45) is 0 Å². The zero-order valence-electron chi connectivity index (χ0n) is 11.2. The average Bonchev–Trinajstić information content (AvgIpc) is 2.40. The molecule has 0 radical (unpaired) electrons. The van der Waals surface area contributed by atoms with Crippen LogP contribution >= 0.6 is 0 Å². The molecule has 0 spiro atoms. The first-order chi connectivity index (χ1) is 8.79. The van der Waals surface area contributed by atoms with Crippen LogP contribution in [0.1, 0.15) is 39.0 Å². The first-order valence-corrected chi connectivity index (χ1v) is 7.11. The molecule has 2 amide bonds. The van der Waals surface area contributed by atoms with Gasteiger partial charge in [-0.3, -0.25) is 0 Å². The monoisotopic (exact) mass is 252 g/mol. The quantitative estimate of drug-likeness (QED) is 0.783. The van der Waals surface area contributed by atoms with Gasteiger partial charge >= 0.3 is 6.03 Å². The second kappa shape index (κ2) is 6.78. The van der Waals surface area contributed by atoms with Crippen LogP contribution < -0.4 is 5.32 Å². The third kappa shape index (κ3) is 3.73. The summed E-state index contributed by atoms with van der Waals surface area (Å²) in [6, 6.07) is 0.398. The lowest BCUT2D eigenvalue weighted by molar-refractivity contribution is -0.0184. The van der Waals surface area contributed by atoms with E-state index >= 15 is 0 Å². The van der Waals surface area contributed by atoms with Crippen molar-refractivity contribution >= 4 is 6.03 Å². The van der Waals surface area contributed by atoms with Gasteiger partial charge in [0.15, 0.2) is 0 Å². The molecule has 2 rings (SSSR count). The van der Waals surface area contributed by atoms with Gasteiger partial charge in [-0.25, -0.2) is 4.79 Å². The van der Waals surface area contributed by atoms with Crippen LogP contribution in [-0.4, -0.2) is 42.8 Å². The highest BCUT2D eigenvalue weighted by molar-refractivity contribution is 5.74. The number of nitrogens with one attached hydrogen (secondary N) is 1. The van der Waals surface area contributed by atoms with Gasteiger partial charge in [-0.05, 0) is 25.7 Å². The maximum absolute atomic E-state index is 12.2. The van der Waals surface area contributed by atoms with Gasteiger partial charge in [0.1, 0.15) is 0 Å². The van der Waals surface area contributed by atoms with Gasteiger partial charge in [-0.15, -0.1) is 0 Å². The van der Waals surface area contributed by atoms with E-state index in [-0.39, 0.29) is 12.1 Å². The molecule has 1 heterocycles. The number of hydrogen-bond donors (Lipinski definition) is 1. The molecule has 1 aliphatic heterocycles. The number of allylic oxidation sites excluding steroid dienone is 1. The third-order valence-electron chi connectivity index (χ3n) is 3.63. The number of carbonyl (C=O) groups excluding carboxylic acids is 1. The Labute approximate surface area is 109 Å². The molecule has 4 heteroatoms. The minimum Gasteiger partial charge on any atom is -0.375 e. The lowest BCUT2D eigenvalue weighted by Gasteiger charge is -2.34. The number of carbonyl (C=O) groups is 1. The van der Waals surface area contributed by atoms with Gasteiger partial charge in [0.2, 0.25) is 0 Å². The molecule has 102 valence electrons. The highest BCUT2D eigenvalue weighted by atomic mass is 16.5. The fourth-order valence-corrected chi connectivity index (χ4v) is 2.59.